The average molecular weight is 282 g/mol. The van der Waals surface area contributed by atoms with Crippen molar-refractivity contribution in [1.29, 1.82) is 0 Å². The monoisotopic (exact) mass is 282 g/mol. The van der Waals surface area contributed by atoms with Crippen LogP contribution in [0.5, 0.6) is 5.75 Å². The van der Waals surface area contributed by atoms with Crippen molar-refractivity contribution in [2.24, 2.45) is 0 Å². The molecule has 1 N–H and O–H groups in total. The van der Waals surface area contributed by atoms with E-state index in [9.17, 15) is 9.59 Å². The highest BCUT2D eigenvalue weighted by atomic mass is 16.5. The normalized spacial score (nSPS) is 11.0. The summed E-state index contributed by atoms with van der Waals surface area (Å²) in [5.41, 5.74) is 0.857. The van der Waals surface area contributed by atoms with Crippen LogP contribution < -0.4 is 4.74 Å². The number of aliphatic hydroxyl groups excluding tert-OH is 1. The molecule has 0 aliphatic rings. The van der Waals surface area contributed by atoms with Crippen LogP contribution in [-0.4, -0.2) is 16.9 Å². The highest BCUT2D eigenvalue weighted by Gasteiger charge is 2.17. The minimum atomic E-state index is -0.703. The summed E-state index contributed by atoms with van der Waals surface area (Å²) in [6.45, 7) is 1.42. The first kappa shape index (κ1) is 14.5. The molecule has 0 amide bonds. The number of ether oxygens (including phenoxy) is 1. The summed E-state index contributed by atoms with van der Waals surface area (Å²) in [6.07, 6.45) is 0.671. The van der Waals surface area contributed by atoms with Gasteiger partial charge in [0.15, 0.2) is 5.78 Å². The van der Waals surface area contributed by atoms with Crippen LogP contribution in [0.1, 0.15) is 22.8 Å². The second kappa shape index (κ2) is 6.52. The zero-order valence-electron chi connectivity index (χ0n) is 11.4. The summed E-state index contributed by atoms with van der Waals surface area (Å²) in [7, 11) is 0. The van der Waals surface area contributed by atoms with Crippen molar-refractivity contribution < 1.29 is 19.4 Å². The minimum Gasteiger partial charge on any atom is -0.515 e. The van der Waals surface area contributed by atoms with Gasteiger partial charge in [0.2, 0.25) is 0 Å². The number of aliphatic hydroxyl groups is 1. The number of carbonyl (C=O) groups is 2. The molecule has 0 radical (unpaired) electrons. The number of hydrogen-bond acceptors (Lipinski definition) is 4. The summed E-state index contributed by atoms with van der Waals surface area (Å²) in [6, 6.07) is 15.2. The van der Waals surface area contributed by atoms with E-state index in [0.717, 1.165) is 0 Å². The van der Waals surface area contributed by atoms with E-state index in [2.05, 4.69) is 0 Å². The first-order valence-electron chi connectivity index (χ1n) is 6.35. The lowest BCUT2D eigenvalue weighted by Crippen LogP contribution is -2.12. The van der Waals surface area contributed by atoms with Crippen LogP contribution >= 0.6 is 0 Å². The van der Waals surface area contributed by atoms with Crippen molar-refractivity contribution in [3.63, 3.8) is 0 Å². The topological polar surface area (TPSA) is 63.6 Å². The number of para-hydroxylation sites is 1. The summed E-state index contributed by atoms with van der Waals surface area (Å²) in [5, 5.41) is 8.81. The molecule has 0 fully saturated rings. The fourth-order valence-electron chi connectivity index (χ4n) is 1.72. The van der Waals surface area contributed by atoms with Crippen LogP contribution in [0.4, 0.5) is 0 Å². The smallest absolute Gasteiger partial charge is 0.342 e. The van der Waals surface area contributed by atoms with Gasteiger partial charge in [-0.1, -0.05) is 42.5 Å². The Kier molecular flexibility index (Phi) is 4.51. The van der Waals surface area contributed by atoms with Gasteiger partial charge in [0.05, 0.1) is 17.4 Å². The van der Waals surface area contributed by atoms with E-state index in [1.807, 2.05) is 6.07 Å². The molecular weight excluding hydrogens is 268 g/mol. The van der Waals surface area contributed by atoms with Gasteiger partial charge in [0.1, 0.15) is 5.75 Å². The largest absolute Gasteiger partial charge is 0.515 e. The highest BCUT2D eigenvalue weighted by Crippen LogP contribution is 2.22. The Bertz CT molecular complexity index is 687. The number of ketones is 1. The predicted molar refractivity (Wildman–Crippen MR) is 78.3 cm³/mol. The number of carbonyl (C=O) groups excluding carboxylic acids is 2. The molecule has 2 aromatic carbocycles. The van der Waals surface area contributed by atoms with E-state index in [4.69, 9.17) is 9.84 Å². The van der Waals surface area contributed by atoms with Crippen molar-refractivity contribution >= 4 is 11.8 Å². The third-order valence-corrected chi connectivity index (χ3v) is 2.89. The van der Waals surface area contributed by atoms with Gasteiger partial charge in [-0.3, -0.25) is 4.79 Å². The Morgan fingerprint density at radius 2 is 1.62 bits per heavy atom. The van der Waals surface area contributed by atoms with E-state index < -0.39 is 5.97 Å². The Morgan fingerprint density at radius 1 is 1.00 bits per heavy atom. The quantitative estimate of drug-likeness (QED) is 0.307. The molecule has 4 heteroatoms. The molecule has 0 aliphatic heterocycles. The molecular formula is C17H14O4. The van der Waals surface area contributed by atoms with Gasteiger partial charge in [0.25, 0.3) is 0 Å². The molecule has 0 atom stereocenters. The number of esters is 1. The number of hydrogen-bond donors (Lipinski definition) is 1. The SMILES string of the molecule is C/C(=C\O)C(=O)Oc1ccccc1C(=O)c1ccccc1. The molecule has 21 heavy (non-hydrogen) atoms. The zero-order chi connectivity index (χ0) is 15.2. The van der Waals surface area contributed by atoms with Crippen LogP contribution in [0.3, 0.4) is 0 Å². The van der Waals surface area contributed by atoms with Crippen LogP contribution in [0, 0.1) is 0 Å². The Morgan fingerprint density at radius 3 is 2.29 bits per heavy atom. The van der Waals surface area contributed by atoms with Crippen LogP contribution in [-0.2, 0) is 4.79 Å². The van der Waals surface area contributed by atoms with Crippen molar-refractivity contribution in [1.82, 2.24) is 0 Å². The molecule has 0 saturated heterocycles. The average Bonchev–Trinajstić information content (AvgIpc) is 2.54. The molecule has 0 aromatic heterocycles. The molecule has 2 aromatic rings. The molecule has 4 nitrogen and oxygen atoms in total. The zero-order valence-corrected chi connectivity index (χ0v) is 11.4. The molecule has 106 valence electrons. The van der Waals surface area contributed by atoms with Gasteiger partial charge in [-0.25, -0.2) is 4.79 Å². The standard InChI is InChI=1S/C17H14O4/c1-12(11-18)17(20)21-15-10-6-5-9-14(15)16(19)13-7-3-2-4-8-13/h2-11,18H,1H3/b12-11+. The minimum absolute atomic E-state index is 0.0527. The molecule has 2 rings (SSSR count). The maximum atomic E-state index is 12.4. The summed E-state index contributed by atoms with van der Waals surface area (Å²) in [5.74, 6) is -0.770. The first-order chi connectivity index (χ1) is 10.1. The lowest BCUT2D eigenvalue weighted by Gasteiger charge is -2.09. The van der Waals surface area contributed by atoms with Crippen LogP contribution in [0.25, 0.3) is 0 Å². The van der Waals surface area contributed by atoms with E-state index >= 15 is 0 Å². The van der Waals surface area contributed by atoms with Crippen LogP contribution in [0.2, 0.25) is 0 Å². The summed E-state index contributed by atoms with van der Waals surface area (Å²) < 4.78 is 5.15. The van der Waals surface area contributed by atoms with Gasteiger partial charge < -0.3 is 9.84 Å². The predicted octanol–water partition coefficient (Wildman–Crippen LogP) is 3.28. The third kappa shape index (κ3) is 3.36. The number of benzene rings is 2. The van der Waals surface area contributed by atoms with Crippen molar-refractivity contribution in [3.8, 4) is 5.75 Å². The second-order valence-corrected chi connectivity index (χ2v) is 4.39. The Labute approximate surface area is 122 Å². The fourth-order valence-corrected chi connectivity index (χ4v) is 1.72. The lowest BCUT2D eigenvalue weighted by molar-refractivity contribution is -0.130. The highest BCUT2D eigenvalue weighted by molar-refractivity contribution is 6.11. The van der Waals surface area contributed by atoms with Crippen molar-refractivity contribution in [3.05, 3.63) is 77.6 Å². The number of rotatable bonds is 4. The fraction of sp³-hybridized carbons (Fsp3) is 0.0588. The Hall–Kier alpha value is -2.88. The molecule has 0 aliphatic carbocycles. The van der Waals surface area contributed by atoms with Gasteiger partial charge in [-0.2, -0.15) is 0 Å². The molecule has 0 bridgehead atoms. The van der Waals surface area contributed by atoms with Gasteiger partial charge in [-0.05, 0) is 19.1 Å². The molecule has 0 heterocycles. The maximum absolute atomic E-state index is 12.4. The van der Waals surface area contributed by atoms with Crippen molar-refractivity contribution in [2.75, 3.05) is 0 Å². The molecule has 0 unspecified atom stereocenters. The van der Waals surface area contributed by atoms with Gasteiger partial charge >= 0.3 is 5.97 Å². The summed E-state index contributed by atoms with van der Waals surface area (Å²) in [4.78, 5) is 24.1. The lowest BCUT2D eigenvalue weighted by atomic mass is 10.0. The third-order valence-electron chi connectivity index (χ3n) is 2.89. The van der Waals surface area contributed by atoms with Crippen molar-refractivity contribution in [2.45, 2.75) is 6.92 Å². The van der Waals surface area contributed by atoms with Crippen LogP contribution in [0.15, 0.2) is 66.4 Å². The maximum Gasteiger partial charge on any atom is 0.342 e. The van der Waals surface area contributed by atoms with Gasteiger partial charge in [0, 0.05) is 5.56 Å². The van der Waals surface area contributed by atoms with E-state index in [-0.39, 0.29) is 17.1 Å². The first-order valence-corrected chi connectivity index (χ1v) is 6.35. The Balaban J connectivity index is 2.34. The van der Waals surface area contributed by atoms with E-state index in [1.54, 1.807) is 48.5 Å². The van der Waals surface area contributed by atoms with E-state index in [0.29, 0.717) is 17.4 Å². The molecule has 0 saturated carbocycles. The second-order valence-electron chi connectivity index (χ2n) is 4.39. The van der Waals surface area contributed by atoms with E-state index in [1.165, 1.54) is 6.92 Å². The summed E-state index contributed by atoms with van der Waals surface area (Å²) >= 11 is 0. The molecule has 0 spiro atoms. The van der Waals surface area contributed by atoms with Gasteiger partial charge in [-0.15, -0.1) is 0 Å².